The van der Waals surface area contributed by atoms with Crippen molar-refractivity contribution in [2.24, 2.45) is 7.05 Å². The maximum atomic E-state index is 12.7. The van der Waals surface area contributed by atoms with Crippen molar-refractivity contribution in [1.82, 2.24) is 20.0 Å². The Morgan fingerprint density at radius 3 is 2.59 bits per heavy atom. The first-order valence-electron chi connectivity index (χ1n) is 10.2. The number of halogens is 1. The summed E-state index contributed by atoms with van der Waals surface area (Å²) < 4.78 is 1.60. The fourth-order valence-corrected chi connectivity index (χ4v) is 4.44. The number of aryl methyl sites for hydroxylation is 1. The topological polar surface area (TPSA) is 137 Å². The number of benzene rings is 1. The van der Waals surface area contributed by atoms with Gasteiger partial charge in [0.25, 0.3) is 17.7 Å². The normalized spacial score (nSPS) is 19.1. The van der Waals surface area contributed by atoms with Crippen LogP contribution in [0.2, 0.25) is 5.02 Å². The van der Waals surface area contributed by atoms with E-state index in [1.54, 1.807) is 29.9 Å². The fourth-order valence-electron chi connectivity index (χ4n) is 4.26. The molecule has 1 aromatic carbocycles. The van der Waals surface area contributed by atoms with Crippen LogP contribution in [0.5, 0.6) is 0 Å². The van der Waals surface area contributed by atoms with Gasteiger partial charge in [-0.2, -0.15) is 5.10 Å². The van der Waals surface area contributed by atoms with Crippen molar-refractivity contribution in [1.29, 1.82) is 0 Å². The standard InChI is InChI=1S/C21H24ClN5O5/c1-26-11-12-10-21(24-18(30)15(12)25-26)6-8-27(9-7-21)20(32)17(29)16(28)19(31)23-14-5-3-2-4-13(14)22/h2-5,11,16-17,28-29H,6-10H2,1H3,(H,23,31)(H,24,30)/t16-,17-/m0/s1. The van der Waals surface area contributed by atoms with Gasteiger partial charge < -0.3 is 25.7 Å². The average molecular weight is 462 g/mol. The first-order valence-corrected chi connectivity index (χ1v) is 10.6. The molecule has 0 aliphatic carbocycles. The van der Waals surface area contributed by atoms with Crippen LogP contribution in [0, 0.1) is 0 Å². The first kappa shape index (κ1) is 22.3. The van der Waals surface area contributed by atoms with E-state index in [1.165, 1.54) is 11.0 Å². The molecular formula is C21H24ClN5O5. The molecule has 11 heteroatoms. The quantitative estimate of drug-likeness (QED) is 0.509. The van der Waals surface area contributed by atoms with Gasteiger partial charge in [0, 0.05) is 37.4 Å². The lowest BCUT2D eigenvalue weighted by Crippen LogP contribution is -2.61. The molecule has 2 aromatic rings. The molecule has 1 aromatic heterocycles. The lowest BCUT2D eigenvalue weighted by molar-refractivity contribution is -0.152. The number of piperidine rings is 1. The Hall–Kier alpha value is -2.95. The number of nitrogens with zero attached hydrogens (tertiary/aromatic N) is 3. The molecule has 3 heterocycles. The molecule has 32 heavy (non-hydrogen) atoms. The number of amides is 3. The third-order valence-corrected chi connectivity index (χ3v) is 6.34. The minimum absolute atomic E-state index is 0.238. The zero-order valence-electron chi connectivity index (χ0n) is 17.4. The van der Waals surface area contributed by atoms with Crippen molar-refractivity contribution in [3.05, 3.63) is 46.7 Å². The number of carbonyl (C=O) groups excluding carboxylic acids is 3. The number of hydrogen-bond acceptors (Lipinski definition) is 6. The number of anilines is 1. The van der Waals surface area contributed by atoms with Crippen LogP contribution in [0.3, 0.4) is 0 Å². The summed E-state index contributed by atoms with van der Waals surface area (Å²) in [4.78, 5) is 38.8. The Kier molecular flexibility index (Phi) is 5.93. The molecule has 3 amide bonds. The largest absolute Gasteiger partial charge is 0.380 e. The van der Waals surface area contributed by atoms with E-state index in [1.807, 2.05) is 6.20 Å². The Balaban J connectivity index is 1.36. The first-order chi connectivity index (χ1) is 15.2. The lowest BCUT2D eigenvalue weighted by atomic mass is 9.79. The van der Waals surface area contributed by atoms with E-state index in [0.717, 1.165) is 5.56 Å². The Morgan fingerprint density at radius 1 is 1.22 bits per heavy atom. The Labute approximate surface area is 189 Å². The van der Waals surface area contributed by atoms with Gasteiger partial charge in [0.15, 0.2) is 17.9 Å². The molecule has 2 aliphatic rings. The number of aliphatic hydroxyl groups excluding tert-OH is 2. The highest BCUT2D eigenvalue weighted by Gasteiger charge is 2.44. The summed E-state index contributed by atoms with van der Waals surface area (Å²) in [5.74, 6) is -1.92. The number of hydrogen-bond donors (Lipinski definition) is 4. The van der Waals surface area contributed by atoms with Crippen LogP contribution in [-0.4, -0.2) is 73.5 Å². The van der Waals surface area contributed by atoms with E-state index in [4.69, 9.17) is 11.6 Å². The summed E-state index contributed by atoms with van der Waals surface area (Å²) in [6.45, 7) is 0.537. The van der Waals surface area contributed by atoms with Gasteiger partial charge >= 0.3 is 0 Å². The number of aliphatic hydroxyl groups is 2. The van der Waals surface area contributed by atoms with Crippen molar-refractivity contribution in [3.63, 3.8) is 0 Å². The molecule has 170 valence electrons. The average Bonchev–Trinajstić information content (AvgIpc) is 3.14. The highest BCUT2D eigenvalue weighted by molar-refractivity contribution is 6.33. The van der Waals surface area contributed by atoms with Crippen LogP contribution >= 0.6 is 11.6 Å². The van der Waals surface area contributed by atoms with Crippen LogP contribution in [0.15, 0.2) is 30.5 Å². The second-order valence-electron chi connectivity index (χ2n) is 8.27. The second kappa shape index (κ2) is 8.53. The summed E-state index contributed by atoms with van der Waals surface area (Å²) in [5, 5.41) is 30.4. The van der Waals surface area contributed by atoms with Crippen molar-refractivity contribution in [3.8, 4) is 0 Å². The maximum Gasteiger partial charge on any atom is 0.272 e. The lowest BCUT2D eigenvalue weighted by Gasteiger charge is -2.44. The highest BCUT2D eigenvalue weighted by Crippen LogP contribution is 2.31. The van der Waals surface area contributed by atoms with Gasteiger partial charge in [-0.25, -0.2) is 0 Å². The van der Waals surface area contributed by atoms with Crippen LogP contribution < -0.4 is 10.6 Å². The minimum Gasteiger partial charge on any atom is -0.380 e. The molecular weight excluding hydrogens is 438 g/mol. The van der Waals surface area contributed by atoms with Gasteiger partial charge in [0.2, 0.25) is 0 Å². The summed E-state index contributed by atoms with van der Waals surface area (Å²) in [5.41, 5.74) is 1.05. The van der Waals surface area contributed by atoms with Gasteiger partial charge in [-0.15, -0.1) is 0 Å². The summed E-state index contributed by atoms with van der Waals surface area (Å²) in [6.07, 6.45) is -0.485. The SMILES string of the molecule is Cn1cc2c(n1)C(=O)NC1(CCN(C(=O)[C@@H](O)[C@H](O)C(=O)Nc3ccccc3Cl)CC1)C2. The van der Waals surface area contributed by atoms with Crippen LogP contribution in [0.4, 0.5) is 5.69 Å². The van der Waals surface area contributed by atoms with Gasteiger partial charge in [-0.05, 0) is 31.4 Å². The molecule has 0 saturated carbocycles. The van der Waals surface area contributed by atoms with Crippen LogP contribution in [0.25, 0.3) is 0 Å². The molecule has 1 spiro atoms. The summed E-state index contributed by atoms with van der Waals surface area (Å²) in [6, 6.07) is 6.43. The number of rotatable bonds is 4. The third-order valence-electron chi connectivity index (χ3n) is 6.01. The number of aromatic nitrogens is 2. The Bertz CT molecular complexity index is 1060. The molecule has 4 rings (SSSR count). The number of fused-ring (bicyclic) bond motifs is 1. The fraction of sp³-hybridized carbons (Fsp3) is 0.429. The maximum absolute atomic E-state index is 12.7. The van der Waals surface area contributed by atoms with E-state index < -0.39 is 29.6 Å². The third kappa shape index (κ3) is 4.21. The van der Waals surface area contributed by atoms with E-state index in [0.29, 0.717) is 25.0 Å². The molecule has 0 unspecified atom stereocenters. The zero-order valence-corrected chi connectivity index (χ0v) is 18.2. The number of carbonyl (C=O) groups is 3. The molecule has 2 atom stereocenters. The molecule has 10 nitrogen and oxygen atoms in total. The predicted molar refractivity (Wildman–Crippen MR) is 115 cm³/mol. The molecule has 1 fully saturated rings. The second-order valence-corrected chi connectivity index (χ2v) is 8.68. The summed E-state index contributed by atoms with van der Waals surface area (Å²) >= 11 is 5.98. The molecule has 4 N–H and O–H groups in total. The molecule has 2 aliphatic heterocycles. The summed E-state index contributed by atoms with van der Waals surface area (Å²) in [7, 11) is 1.76. The van der Waals surface area contributed by atoms with Crippen LogP contribution in [-0.2, 0) is 23.1 Å². The van der Waals surface area contributed by atoms with Gasteiger partial charge in [-0.3, -0.25) is 19.1 Å². The monoisotopic (exact) mass is 461 g/mol. The van der Waals surface area contributed by atoms with Crippen molar-refractivity contribution in [2.45, 2.75) is 37.0 Å². The van der Waals surface area contributed by atoms with Crippen molar-refractivity contribution < 1.29 is 24.6 Å². The van der Waals surface area contributed by atoms with Crippen molar-refractivity contribution in [2.75, 3.05) is 18.4 Å². The van der Waals surface area contributed by atoms with Gasteiger partial charge in [0.1, 0.15) is 0 Å². The zero-order chi connectivity index (χ0) is 23.0. The molecule has 0 radical (unpaired) electrons. The minimum atomic E-state index is -1.96. The van der Waals surface area contributed by atoms with E-state index >= 15 is 0 Å². The predicted octanol–water partition coefficient (Wildman–Crippen LogP) is 0.0811. The Morgan fingerprint density at radius 2 is 1.91 bits per heavy atom. The number of likely N-dealkylation sites (tertiary alicyclic amines) is 1. The molecule has 1 saturated heterocycles. The van der Waals surface area contributed by atoms with Crippen LogP contribution in [0.1, 0.15) is 28.9 Å². The van der Waals surface area contributed by atoms with E-state index in [2.05, 4.69) is 15.7 Å². The van der Waals surface area contributed by atoms with E-state index in [-0.39, 0.29) is 29.7 Å². The molecule has 0 bridgehead atoms. The highest BCUT2D eigenvalue weighted by atomic mass is 35.5. The number of nitrogens with one attached hydrogen (secondary N) is 2. The van der Waals surface area contributed by atoms with E-state index in [9.17, 15) is 24.6 Å². The van der Waals surface area contributed by atoms with Crippen molar-refractivity contribution >= 4 is 35.0 Å². The number of para-hydroxylation sites is 1. The smallest absolute Gasteiger partial charge is 0.272 e. The van der Waals surface area contributed by atoms with Gasteiger partial charge in [0.05, 0.1) is 10.7 Å². The van der Waals surface area contributed by atoms with Gasteiger partial charge in [-0.1, -0.05) is 23.7 Å².